The molecule has 1 heterocycles. The molecule has 2 N–H and O–H groups in total. The van der Waals surface area contributed by atoms with Crippen LogP contribution in [0.15, 0.2) is 36.4 Å². The van der Waals surface area contributed by atoms with Crippen LogP contribution in [-0.4, -0.2) is 39.3 Å². The van der Waals surface area contributed by atoms with Crippen molar-refractivity contribution in [2.75, 3.05) is 33.4 Å². The lowest BCUT2D eigenvalue weighted by molar-refractivity contribution is 0.0957. The van der Waals surface area contributed by atoms with E-state index in [0.717, 1.165) is 23.5 Å². The Hall–Kier alpha value is -1.11. The fourth-order valence-corrected chi connectivity index (χ4v) is 2.93. The van der Waals surface area contributed by atoms with Crippen LogP contribution in [0.1, 0.15) is 9.67 Å². The predicted molar refractivity (Wildman–Crippen MR) is 99.1 cm³/mol. The van der Waals surface area contributed by atoms with Crippen LogP contribution in [0, 0.1) is 0 Å². The summed E-state index contributed by atoms with van der Waals surface area (Å²) in [6.45, 7) is 2.77. The van der Waals surface area contributed by atoms with Crippen molar-refractivity contribution in [2.45, 2.75) is 0 Å². The molecule has 0 saturated heterocycles. The maximum Gasteiger partial charge on any atom is 0.261 e. The average Bonchev–Trinajstić information content (AvgIpc) is 3.01. The fourth-order valence-electron chi connectivity index (χ4n) is 1.88. The first kappa shape index (κ1) is 19.9. The number of rotatable bonds is 8. The molecule has 2 rings (SSSR count). The molecule has 0 fully saturated rings. The van der Waals surface area contributed by atoms with Crippen molar-refractivity contribution in [1.29, 1.82) is 0 Å². The topological polar surface area (TPSA) is 50.4 Å². The highest BCUT2D eigenvalue weighted by Crippen LogP contribution is 2.28. The van der Waals surface area contributed by atoms with E-state index >= 15 is 0 Å². The molecule has 0 radical (unpaired) electrons. The monoisotopic (exact) mass is 374 g/mol. The number of methoxy groups -OCH3 is 1. The van der Waals surface area contributed by atoms with Crippen molar-refractivity contribution >= 4 is 41.3 Å². The summed E-state index contributed by atoms with van der Waals surface area (Å²) in [6.07, 6.45) is 0. The minimum Gasteiger partial charge on any atom is -0.383 e. The Morgan fingerprint density at radius 3 is 2.57 bits per heavy atom. The number of carbonyl (C=O) groups excluding carboxylic acids is 1. The summed E-state index contributed by atoms with van der Waals surface area (Å²) < 4.78 is 4.93. The van der Waals surface area contributed by atoms with E-state index < -0.39 is 0 Å². The van der Waals surface area contributed by atoms with Gasteiger partial charge in [0.15, 0.2) is 0 Å². The summed E-state index contributed by atoms with van der Waals surface area (Å²) >= 11 is 7.36. The first-order valence-corrected chi connectivity index (χ1v) is 8.24. The molecule has 0 unspecified atom stereocenters. The molecular weight excluding hydrogens is 355 g/mol. The van der Waals surface area contributed by atoms with Gasteiger partial charge in [-0.2, -0.15) is 0 Å². The Kier molecular flexibility index (Phi) is 9.21. The molecule has 1 aromatic carbocycles. The van der Waals surface area contributed by atoms with E-state index in [1.54, 1.807) is 7.11 Å². The van der Waals surface area contributed by atoms with Gasteiger partial charge in [0.25, 0.3) is 5.91 Å². The van der Waals surface area contributed by atoms with Crippen molar-refractivity contribution < 1.29 is 9.53 Å². The van der Waals surface area contributed by atoms with Crippen LogP contribution in [0.25, 0.3) is 10.4 Å². The molecule has 0 spiro atoms. The third-order valence-electron chi connectivity index (χ3n) is 3.03. The maximum atomic E-state index is 12.1. The number of nitrogens with one attached hydrogen (secondary N) is 2. The van der Waals surface area contributed by atoms with Crippen LogP contribution in [-0.2, 0) is 4.74 Å². The molecule has 0 bridgehead atoms. The molecule has 2 aromatic rings. The second-order valence-electron chi connectivity index (χ2n) is 4.67. The molecule has 0 aliphatic carbocycles. The lowest BCUT2D eigenvalue weighted by Gasteiger charge is -2.05. The highest BCUT2D eigenvalue weighted by Gasteiger charge is 2.09. The zero-order chi connectivity index (χ0) is 15.8. The van der Waals surface area contributed by atoms with Crippen LogP contribution in [0.2, 0.25) is 5.02 Å². The molecule has 0 atom stereocenters. The molecule has 1 aromatic heterocycles. The summed E-state index contributed by atoms with van der Waals surface area (Å²) in [7, 11) is 1.67. The van der Waals surface area contributed by atoms with Crippen LogP contribution in [0.3, 0.4) is 0 Å². The smallest absolute Gasteiger partial charge is 0.261 e. The molecule has 7 heteroatoms. The maximum absolute atomic E-state index is 12.1. The Morgan fingerprint density at radius 2 is 1.87 bits per heavy atom. The summed E-state index contributed by atoms with van der Waals surface area (Å²) in [4.78, 5) is 13.8. The molecular formula is C16H20Cl2N2O2S. The largest absolute Gasteiger partial charge is 0.383 e. The predicted octanol–water partition coefficient (Wildman–Crippen LogP) is 3.46. The third kappa shape index (κ3) is 6.49. The van der Waals surface area contributed by atoms with Gasteiger partial charge >= 0.3 is 0 Å². The number of halogens is 2. The minimum absolute atomic E-state index is 0. The van der Waals surface area contributed by atoms with Crippen LogP contribution >= 0.6 is 35.3 Å². The summed E-state index contributed by atoms with van der Waals surface area (Å²) in [5.74, 6) is -0.0428. The van der Waals surface area contributed by atoms with E-state index in [-0.39, 0.29) is 18.3 Å². The zero-order valence-electron chi connectivity index (χ0n) is 12.8. The molecule has 4 nitrogen and oxygen atoms in total. The van der Waals surface area contributed by atoms with Crippen molar-refractivity contribution in [3.05, 3.63) is 46.3 Å². The van der Waals surface area contributed by atoms with Crippen LogP contribution < -0.4 is 10.6 Å². The Labute approximate surface area is 151 Å². The van der Waals surface area contributed by atoms with E-state index in [0.29, 0.717) is 23.1 Å². The number of hydrogen-bond donors (Lipinski definition) is 2. The molecule has 0 aliphatic heterocycles. The van der Waals surface area contributed by atoms with E-state index in [2.05, 4.69) is 10.6 Å². The molecule has 1 amide bonds. The van der Waals surface area contributed by atoms with Gasteiger partial charge in [0.1, 0.15) is 0 Å². The number of amides is 1. The van der Waals surface area contributed by atoms with Gasteiger partial charge in [0, 0.05) is 36.6 Å². The molecule has 0 saturated carbocycles. The highest BCUT2D eigenvalue weighted by molar-refractivity contribution is 7.17. The fraction of sp³-hybridized carbons (Fsp3) is 0.312. The van der Waals surface area contributed by atoms with Crippen molar-refractivity contribution in [2.24, 2.45) is 0 Å². The summed E-state index contributed by atoms with van der Waals surface area (Å²) in [5.41, 5.74) is 1.06. The van der Waals surface area contributed by atoms with E-state index in [1.165, 1.54) is 11.3 Å². The minimum atomic E-state index is -0.0428. The Bertz CT molecular complexity index is 602. The van der Waals surface area contributed by atoms with Crippen LogP contribution in [0.5, 0.6) is 0 Å². The van der Waals surface area contributed by atoms with E-state index in [4.69, 9.17) is 16.3 Å². The van der Waals surface area contributed by atoms with Crippen molar-refractivity contribution in [1.82, 2.24) is 10.6 Å². The standard InChI is InChI=1S/C16H19ClN2O2S.ClH/c1-21-11-10-18-8-9-19-16(20)15-7-6-14(22-15)12-2-4-13(17)5-3-12;/h2-7,18H,8-11H2,1H3,(H,19,20);1H. The lowest BCUT2D eigenvalue weighted by Crippen LogP contribution is -2.32. The first-order valence-electron chi connectivity index (χ1n) is 7.04. The van der Waals surface area contributed by atoms with Gasteiger partial charge in [0.05, 0.1) is 11.5 Å². The third-order valence-corrected chi connectivity index (χ3v) is 4.41. The van der Waals surface area contributed by atoms with Crippen molar-refractivity contribution in [3.63, 3.8) is 0 Å². The van der Waals surface area contributed by atoms with Crippen molar-refractivity contribution in [3.8, 4) is 10.4 Å². The number of benzene rings is 1. The Balaban J connectivity index is 0.00000264. The normalized spacial score (nSPS) is 10.2. The van der Waals surface area contributed by atoms with Gasteiger partial charge in [0.2, 0.25) is 0 Å². The van der Waals surface area contributed by atoms with Crippen LogP contribution in [0.4, 0.5) is 0 Å². The first-order chi connectivity index (χ1) is 10.7. The van der Waals surface area contributed by atoms with Gasteiger partial charge < -0.3 is 15.4 Å². The Morgan fingerprint density at radius 1 is 1.13 bits per heavy atom. The zero-order valence-corrected chi connectivity index (χ0v) is 15.2. The number of ether oxygens (including phenoxy) is 1. The summed E-state index contributed by atoms with van der Waals surface area (Å²) in [5, 5.41) is 6.79. The highest BCUT2D eigenvalue weighted by atomic mass is 35.5. The lowest BCUT2D eigenvalue weighted by atomic mass is 10.2. The van der Waals surface area contributed by atoms with E-state index in [1.807, 2.05) is 36.4 Å². The molecule has 0 aliphatic rings. The van der Waals surface area contributed by atoms with Gasteiger partial charge in [-0.05, 0) is 29.8 Å². The second-order valence-corrected chi connectivity index (χ2v) is 6.19. The van der Waals surface area contributed by atoms with Gasteiger partial charge in [-0.1, -0.05) is 23.7 Å². The number of hydrogen-bond acceptors (Lipinski definition) is 4. The molecule has 126 valence electrons. The van der Waals surface area contributed by atoms with Gasteiger partial charge in [-0.3, -0.25) is 4.79 Å². The number of carbonyl (C=O) groups is 1. The second kappa shape index (κ2) is 10.6. The quantitative estimate of drug-likeness (QED) is 0.695. The van der Waals surface area contributed by atoms with E-state index in [9.17, 15) is 4.79 Å². The van der Waals surface area contributed by atoms with Gasteiger partial charge in [-0.25, -0.2) is 0 Å². The SMILES string of the molecule is COCCNCCNC(=O)c1ccc(-c2ccc(Cl)cc2)s1.Cl. The summed E-state index contributed by atoms with van der Waals surface area (Å²) in [6, 6.07) is 11.4. The molecule has 23 heavy (non-hydrogen) atoms. The number of thiophene rings is 1. The van der Waals surface area contributed by atoms with Gasteiger partial charge in [-0.15, -0.1) is 23.7 Å². The average molecular weight is 375 g/mol.